The van der Waals surface area contributed by atoms with E-state index in [1.54, 1.807) is 50.5 Å². The van der Waals surface area contributed by atoms with Crippen molar-refractivity contribution in [1.82, 2.24) is 59.8 Å². The summed E-state index contributed by atoms with van der Waals surface area (Å²) in [6, 6.07) is 20.2. The van der Waals surface area contributed by atoms with Gasteiger partial charge in [-0.2, -0.15) is 20.7 Å². The minimum Gasteiger partial charge on any atom is -0.444 e. The maximum Gasteiger partial charge on any atom is 0.410 e. The van der Waals surface area contributed by atoms with Gasteiger partial charge in [-0.25, -0.2) is 13.8 Å². The number of carbonyl (C=O) groups is 1. The van der Waals surface area contributed by atoms with Crippen LogP contribution in [0, 0.1) is 22.7 Å². The number of likely N-dealkylation sites (tertiary alicyclic amines) is 1. The lowest BCUT2D eigenvalue weighted by molar-refractivity contribution is 0.0204. The van der Waals surface area contributed by atoms with Gasteiger partial charge in [-0.3, -0.25) is 9.97 Å². The van der Waals surface area contributed by atoms with E-state index in [0.717, 1.165) is 115 Å². The Morgan fingerprint density at radius 2 is 1.15 bits per heavy atom. The van der Waals surface area contributed by atoms with E-state index in [1.807, 2.05) is 80.1 Å². The van der Waals surface area contributed by atoms with Crippen LogP contribution in [-0.4, -0.2) is 104 Å². The number of anilines is 2. The average Bonchev–Trinajstić information content (AvgIpc) is 4.20. The fraction of sp³-hybridized carbons (Fsp3) is 0.392. The van der Waals surface area contributed by atoms with Gasteiger partial charge in [0.15, 0.2) is 10.0 Å². The van der Waals surface area contributed by atoms with Crippen LogP contribution in [0.3, 0.4) is 0 Å². The molecule has 372 valence electrons. The van der Waals surface area contributed by atoms with Crippen LogP contribution in [0.4, 0.5) is 16.2 Å². The van der Waals surface area contributed by atoms with E-state index in [-0.39, 0.29) is 36.5 Å². The second kappa shape index (κ2) is 22.1. The highest BCUT2D eigenvalue weighted by Crippen LogP contribution is 2.39. The van der Waals surface area contributed by atoms with Crippen molar-refractivity contribution in [2.45, 2.75) is 104 Å². The van der Waals surface area contributed by atoms with Gasteiger partial charge in [-0.05, 0) is 136 Å². The van der Waals surface area contributed by atoms with E-state index in [9.17, 15) is 10.1 Å². The van der Waals surface area contributed by atoms with E-state index in [1.165, 1.54) is 0 Å². The molecule has 0 atom stereocenters. The van der Waals surface area contributed by atoms with Gasteiger partial charge in [0.25, 0.3) is 0 Å². The quantitative estimate of drug-likeness (QED) is 0.116. The third-order valence-corrected chi connectivity index (χ3v) is 14.2. The van der Waals surface area contributed by atoms with Crippen LogP contribution in [0.2, 0.25) is 0 Å². The van der Waals surface area contributed by atoms with E-state index in [2.05, 4.69) is 86.4 Å². The molecule has 0 spiro atoms. The summed E-state index contributed by atoms with van der Waals surface area (Å²) in [5.41, 5.74) is 9.26. The molecule has 21 heteroatoms. The lowest BCUT2D eigenvalue weighted by Crippen LogP contribution is -2.41. The van der Waals surface area contributed by atoms with Crippen molar-refractivity contribution in [3.05, 3.63) is 94.5 Å². The Hall–Kier alpha value is -7.10. The number of aromatic nitrogens is 10. The molecule has 2 fully saturated rings. The van der Waals surface area contributed by atoms with Gasteiger partial charge in [0.2, 0.25) is 0 Å². The molecule has 0 saturated carbocycles. The zero-order valence-corrected chi connectivity index (χ0v) is 43.7. The van der Waals surface area contributed by atoms with Crippen LogP contribution < -0.4 is 16.0 Å². The smallest absolute Gasteiger partial charge is 0.410 e. The molecular formula is C51H57ClN16O2S2. The van der Waals surface area contributed by atoms with E-state index < -0.39 is 5.60 Å². The number of halogens is 1. The average molecular weight is 1030 g/mol. The summed E-state index contributed by atoms with van der Waals surface area (Å²) in [6.07, 6.45) is 10.4. The number of piperidine rings is 2. The van der Waals surface area contributed by atoms with Crippen molar-refractivity contribution in [2.75, 3.05) is 36.8 Å². The molecular weight excluding hydrogens is 968 g/mol. The van der Waals surface area contributed by atoms with Crippen LogP contribution in [0.5, 0.6) is 0 Å². The molecule has 0 unspecified atom stereocenters. The van der Waals surface area contributed by atoms with Crippen molar-refractivity contribution in [2.24, 2.45) is 0 Å². The normalized spacial score (nSPS) is 14.4. The van der Waals surface area contributed by atoms with E-state index in [4.69, 9.17) is 20.0 Å². The Labute approximate surface area is 432 Å². The minimum absolute atomic E-state index is 0. The van der Waals surface area contributed by atoms with Crippen molar-refractivity contribution in [3.63, 3.8) is 0 Å². The van der Waals surface area contributed by atoms with Gasteiger partial charge in [-0.15, -0.1) is 32.8 Å². The van der Waals surface area contributed by atoms with Crippen LogP contribution >= 0.6 is 35.1 Å². The molecule has 1 amide bonds. The Balaban J connectivity index is 0.000000193. The summed E-state index contributed by atoms with van der Waals surface area (Å²) in [6.45, 7) is 17.4. The van der Waals surface area contributed by atoms with Crippen molar-refractivity contribution >= 4 is 63.6 Å². The summed E-state index contributed by atoms with van der Waals surface area (Å²) < 4.78 is 9.12. The lowest BCUT2D eigenvalue weighted by atomic mass is 9.98. The van der Waals surface area contributed by atoms with Crippen molar-refractivity contribution in [1.29, 1.82) is 10.5 Å². The molecule has 10 rings (SSSR count). The first-order chi connectivity index (χ1) is 34.2. The van der Waals surface area contributed by atoms with Gasteiger partial charge in [-0.1, -0.05) is 22.7 Å². The fourth-order valence-electron chi connectivity index (χ4n) is 8.62. The maximum atomic E-state index is 12.4. The first-order valence-corrected chi connectivity index (χ1v) is 25.5. The fourth-order valence-corrected chi connectivity index (χ4v) is 10.7. The Bertz CT molecular complexity index is 3270. The number of hydrogen-bond acceptors (Lipinski definition) is 17. The number of nitrogens with one attached hydrogen (secondary N) is 3. The number of nitriles is 2. The largest absolute Gasteiger partial charge is 0.444 e. The highest BCUT2D eigenvalue weighted by Gasteiger charge is 2.30. The van der Waals surface area contributed by atoms with Gasteiger partial charge in [0.1, 0.15) is 27.8 Å². The molecule has 2 aliphatic rings. The lowest BCUT2D eigenvalue weighted by Gasteiger charge is -2.32. The monoisotopic (exact) mass is 1020 g/mol. The first-order valence-electron chi connectivity index (χ1n) is 23.9. The summed E-state index contributed by atoms with van der Waals surface area (Å²) in [5.74, 6) is 0.729. The first kappa shape index (κ1) is 51.3. The molecule has 0 aromatic carbocycles. The number of rotatable bonds is 10. The zero-order valence-electron chi connectivity index (χ0n) is 41.2. The van der Waals surface area contributed by atoms with Gasteiger partial charge in [0.05, 0.1) is 68.5 Å². The number of fused-ring (bicyclic) bond motifs is 2. The molecule has 72 heavy (non-hydrogen) atoms. The van der Waals surface area contributed by atoms with Gasteiger partial charge < -0.3 is 25.6 Å². The van der Waals surface area contributed by atoms with E-state index >= 15 is 0 Å². The number of ether oxygens (including phenoxy) is 1. The second-order valence-corrected chi connectivity index (χ2v) is 21.3. The van der Waals surface area contributed by atoms with Crippen molar-refractivity contribution < 1.29 is 9.53 Å². The molecule has 0 aliphatic carbocycles. The predicted octanol–water partition coefficient (Wildman–Crippen LogP) is 10.2. The Kier molecular flexibility index (Phi) is 15.8. The van der Waals surface area contributed by atoms with Crippen molar-refractivity contribution in [3.8, 4) is 56.1 Å². The number of amides is 1. The van der Waals surface area contributed by atoms with Crippen LogP contribution in [0.1, 0.15) is 107 Å². The number of carbonyl (C=O) groups excluding carboxylic acids is 1. The maximum absolute atomic E-state index is 12.4. The topological polar surface area (TPSA) is 225 Å². The predicted molar refractivity (Wildman–Crippen MR) is 283 cm³/mol. The molecule has 0 bridgehead atoms. The number of pyridine rings is 2. The molecule has 8 aromatic rings. The van der Waals surface area contributed by atoms with Crippen LogP contribution in [-0.2, 0) is 4.74 Å². The minimum atomic E-state index is -0.501. The Morgan fingerprint density at radius 3 is 1.58 bits per heavy atom. The van der Waals surface area contributed by atoms with Crippen LogP contribution in [0.15, 0.2) is 73.3 Å². The highest BCUT2D eigenvalue weighted by atomic mass is 35.5. The summed E-state index contributed by atoms with van der Waals surface area (Å²) in [5, 5.41) is 59.5. The Morgan fingerprint density at radius 1 is 0.694 bits per heavy atom. The third kappa shape index (κ3) is 11.6. The summed E-state index contributed by atoms with van der Waals surface area (Å²) >= 11 is 3.24. The molecule has 2 aliphatic heterocycles. The molecule has 18 nitrogen and oxygen atoms in total. The highest BCUT2D eigenvalue weighted by molar-refractivity contribution is 7.15. The second-order valence-electron chi connectivity index (χ2n) is 19.3. The van der Waals surface area contributed by atoms with Gasteiger partial charge >= 0.3 is 6.09 Å². The molecule has 8 aromatic heterocycles. The number of hydrogen-bond donors (Lipinski definition) is 3. The molecule has 3 N–H and O–H groups in total. The molecule has 2 saturated heterocycles. The SMILES string of the molecule is CC(C)Nc1cc(-c2ccc3cc(C#N)cnn23)ncc1-c1nnc(C2CCN(C(=O)OC(C)(C)C)CC2)s1.CC(C)Nc1cc(-c2ccc3cc(C#N)cnn23)ncc1-c1nnc(C2CCNCC2)s1.Cl. The van der Waals surface area contributed by atoms with E-state index in [0.29, 0.717) is 30.1 Å². The summed E-state index contributed by atoms with van der Waals surface area (Å²) in [4.78, 5) is 23.7. The standard InChI is InChI=1S/C28H32N8O2S.C23H24N8S.ClH/c1-17(2)32-22-13-23(24-7-6-20-12-18(14-29)15-31-36(20)24)30-16-21(22)26-34-33-25(39-26)19-8-10-35(11-9-19)27(37)38-28(3,4)5;1-14(2)28-19-10-20(21-4-3-17-9-15(11-24)12-27-31(17)21)26-13-18(19)23-30-29-22(32-23)16-5-7-25-8-6-16;/h6-7,12-13,15-17,19H,8-11H2,1-5H3,(H,30,32);3-4,9-10,12-14,16,25H,5-8H2,1-2H3,(H,26,28);1H. The number of nitrogens with zero attached hydrogens (tertiary/aromatic N) is 13. The summed E-state index contributed by atoms with van der Waals surface area (Å²) in [7, 11) is 0. The van der Waals surface area contributed by atoms with Gasteiger partial charge in [0, 0.05) is 60.8 Å². The zero-order chi connectivity index (χ0) is 49.8. The molecule has 0 radical (unpaired) electrons. The van der Waals surface area contributed by atoms with Crippen LogP contribution in [0.25, 0.3) is 55.0 Å². The molecule has 10 heterocycles. The third-order valence-electron chi connectivity index (χ3n) is 12.0.